The SMILES string of the molecule is COC(=O)c1ccc(CNC(=O)[C@@H]2C[C@H]2C)cc1. The molecule has 4 heteroatoms. The number of carbonyl (C=O) groups is 2. The largest absolute Gasteiger partial charge is 0.465 e. The van der Waals surface area contributed by atoms with E-state index < -0.39 is 0 Å². The van der Waals surface area contributed by atoms with E-state index in [0.717, 1.165) is 12.0 Å². The van der Waals surface area contributed by atoms with Crippen LogP contribution < -0.4 is 5.32 Å². The Kier molecular flexibility index (Phi) is 3.65. The highest BCUT2D eigenvalue weighted by atomic mass is 16.5. The summed E-state index contributed by atoms with van der Waals surface area (Å²) in [5, 5.41) is 2.90. The van der Waals surface area contributed by atoms with Crippen molar-refractivity contribution in [1.29, 1.82) is 0 Å². The van der Waals surface area contributed by atoms with E-state index >= 15 is 0 Å². The van der Waals surface area contributed by atoms with Crippen molar-refractivity contribution in [2.45, 2.75) is 19.9 Å². The van der Waals surface area contributed by atoms with Crippen molar-refractivity contribution in [2.24, 2.45) is 11.8 Å². The first-order valence-corrected chi connectivity index (χ1v) is 6.06. The number of benzene rings is 1. The second-order valence-corrected chi connectivity index (χ2v) is 4.73. The first-order valence-electron chi connectivity index (χ1n) is 6.06. The first kappa shape index (κ1) is 12.6. The number of rotatable bonds is 4. The van der Waals surface area contributed by atoms with E-state index in [4.69, 9.17) is 0 Å². The van der Waals surface area contributed by atoms with Crippen LogP contribution in [0.2, 0.25) is 0 Å². The van der Waals surface area contributed by atoms with E-state index in [1.165, 1.54) is 7.11 Å². The quantitative estimate of drug-likeness (QED) is 0.825. The summed E-state index contributed by atoms with van der Waals surface area (Å²) in [4.78, 5) is 22.9. The molecule has 2 rings (SSSR count). The number of esters is 1. The summed E-state index contributed by atoms with van der Waals surface area (Å²) < 4.78 is 4.62. The second-order valence-electron chi connectivity index (χ2n) is 4.73. The van der Waals surface area contributed by atoms with Crippen LogP contribution >= 0.6 is 0 Å². The highest BCUT2D eigenvalue weighted by Gasteiger charge is 2.38. The third-order valence-electron chi connectivity index (χ3n) is 3.29. The normalized spacial score (nSPS) is 21.2. The lowest BCUT2D eigenvalue weighted by Gasteiger charge is -2.05. The minimum atomic E-state index is -0.350. The average molecular weight is 247 g/mol. The van der Waals surface area contributed by atoms with Gasteiger partial charge in [-0.25, -0.2) is 4.79 Å². The lowest BCUT2D eigenvalue weighted by atomic mass is 10.1. The minimum Gasteiger partial charge on any atom is -0.465 e. The number of carbonyl (C=O) groups excluding carboxylic acids is 2. The zero-order valence-corrected chi connectivity index (χ0v) is 10.6. The number of hydrogen-bond donors (Lipinski definition) is 1. The van der Waals surface area contributed by atoms with Gasteiger partial charge in [-0.3, -0.25) is 4.79 Å². The molecule has 0 bridgehead atoms. The Morgan fingerprint density at radius 2 is 1.94 bits per heavy atom. The maximum absolute atomic E-state index is 11.6. The number of methoxy groups -OCH3 is 1. The third-order valence-corrected chi connectivity index (χ3v) is 3.29. The fraction of sp³-hybridized carbons (Fsp3) is 0.429. The highest BCUT2D eigenvalue weighted by Crippen LogP contribution is 2.37. The van der Waals surface area contributed by atoms with Crippen molar-refractivity contribution in [2.75, 3.05) is 7.11 Å². The number of ether oxygens (including phenoxy) is 1. The summed E-state index contributed by atoms with van der Waals surface area (Å²) in [6.07, 6.45) is 0.993. The van der Waals surface area contributed by atoms with Crippen LogP contribution in [0.25, 0.3) is 0 Å². The van der Waals surface area contributed by atoms with Gasteiger partial charge < -0.3 is 10.1 Å². The summed E-state index contributed by atoms with van der Waals surface area (Å²) >= 11 is 0. The molecule has 1 aromatic carbocycles. The van der Waals surface area contributed by atoms with Crippen LogP contribution in [0, 0.1) is 11.8 Å². The number of nitrogens with one attached hydrogen (secondary N) is 1. The van der Waals surface area contributed by atoms with Crippen molar-refractivity contribution < 1.29 is 14.3 Å². The molecule has 0 heterocycles. The van der Waals surface area contributed by atoms with Gasteiger partial charge in [0.2, 0.25) is 5.91 Å². The summed E-state index contributed by atoms with van der Waals surface area (Å²) in [6, 6.07) is 7.05. The van der Waals surface area contributed by atoms with Crippen LogP contribution in [0.5, 0.6) is 0 Å². The summed E-state index contributed by atoms with van der Waals surface area (Å²) in [6.45, 7) is 2.58. The van der Waals surface area contributed by atoms with E-state index in [0.29, 0.717) is 18.0 Å². The molecule has 0 saturated heterocycles. The van der Waals surface area contributed by atoms with Crippen molar-refractivity contribution in [3.8, 4) is 0 Å². The Morgan fingerprint density at radius 3 is 2.44 bits per heavy atom. The molecule has 2 atom stereocenters. The van der Waals surface area contributed by atoms with Gasteiger partial charge in [0.05, 0.1) is 12.7 Å². The molecule has 0 aromatic heterocycles. The van der Waals surface area contributed by atoms with Crippen molar-refractivity contribution in [1.82, 2.24) is 5.32 Å². The predicted molar refractivity (Wildman–Crippen MR) is 66.9 cm³/mol. The van der Waals surface area contributed by atoms with E-state index in [1.807, 2.05) is 12.1 Å². The number of hydrogen-bond acceptors (Lipinski definition) is 3. The molecular weight excluding hydrogens is 230 g/mol. The molecule has 1 N–H and O–H groups in total. The fourth-order valence-corrected chi connectivity index (χ4v) is 1.88. The summed E-state index contributed by atoms with van der Waals surface area (Å²) in [7, 11) is 1.35. The van der Waals surface area contributed by atoms with Gasteiger partial charge in [0, 0.05) is 12.5 Å². The van der Waals surface area contributed by atoms with Gasteiger partial charge in [-0.15, -0.1) is 0 Å². The van der Waals surface area contributed by atoms with Crippen LogP contribution in [-0.2, 0) is 16.1 Å². The molecule has 1 saturated carbocycles. The lowest BCUT2D eigenvalue weighted by Crippen LogP contribution is -2.24. The Labute approximate surface area is 106 Å². The zero-order valence-electron chi connectivity index (χ0n) is 10.6. The monoisotopic (exact) mass is 247 g/mol. The van der Waals surface area contributed by atoms with Gasteiger partial charge in [-0.2, -0.15) is 0 Å². The average Bonchev–Trinajstić information content (AvgIpc) is 3.13. The fourth-order valence-electron chi connectivity index (χ4n) is 1.88. The van der Waals surface area contributed by atoms with E-state index in [2.05, 4.69) is 17.0 Å². The molecule has 96 valence electrons. The smallest absolute Gasteiger partial charge is 0.337 e. The first-order chi connectivity index (χ1) is 8.61. The molecule has 18 heavy (non-hydrogen) atoms. The molecule has 1 aromatic rings. The molecule has 1 fully saturated rings. The Balaban J connectivity index is 1.86. The van der Waals surface area contributed by atoms with Gasteiger partial charge in [0.15, 0.2) is 0 Å². The van der Waals surface area contributed by atoms with Crippen molar-refractivity contribution in [3.05, 3.63) is 35.4 Å². The van der Waals surface area contributed by atoms with E-state index in [1.54, 1.807) is 12.1 Å². The summed E-state index contributed by atoms with van der Waals surface area (Å²) in [5.74, 6) is 0.489. The van der Waals surface area contributed by atoms with Crippen LogP contribution in [-0.4, -0.2) is 19.0 Å². The molecule has 1 aliphatic rings. The van der Waals surface area contributed by atoms with E-state index in [9.17, 15) is 9.59 Å². The van der Waals surface area contributed by atoms with Crippen LogP contribution in [0.4, 0.5) is 0 Å². The van der Waals surface area contributed by atoms with Crippen molar-refractivity contribution >= 4 is 11.9 Å². The van der Waals surface area contributed by atoms with Crippen LogP contribution in [0.3, 0.4) is 0 Å². The van der Waals surface area contributed by atoms with Gasteiger partial charge in [-0.05, 0) is 30.0 Å². The Bertz CT molecular complexity index is 453. The minimum absolute atomic E-state index is 0.125. The molecule has 0 spiro atoms. The van der Waals surface area contributed by atoms with E-state index in [-0.39, 0.29) is 17.8 Å². The van der Waals surface area contributed by atoms with Crippen LogP contribution in [0.15, 0.2) is 24.3 Å². The molecule has 0 aliphatic heterocycles. The number of amides is 1. The molecule has 1 aliphatic carbocycles. The van der Waals surface area contributed by atoms with Gasteiger partial charge >= 0.3 is 5.97 Å². The lowest BCUT2D eigenvalue weighted by molar-refractivity contribution is -0.122. The maximum atomic E-state index is 11.6. The van der Waals surface area contributed by atoms with Crippen LogP contribution in [0.1, 0.15) is 29.3 Å². The third kappa shape index (κ3) is 2.88. The zero-order chi connectivity index (χ0) is 13.1. The molecule has 4 nitrogen and oxygen atoms in total. The predicted octanol–water partition coefficient (Wildman–Crippen LogP) is 1.75. The standard InChI is InChI=1S/C14H17NO3/c1-9-7-12(9)13(16)15-8-10-3-5-11(6-4-10)14(17)18-2/h3-6,9,12H,7-8H2,1-2H3,(H,15,16)/t9-,12-/m1/s1. The maximum Gasteiger partial charge on any atom is 0.337 e. The van der Waals surface area contributed by atoms with Gasteiger partial charge in [0.1, 0.15) is 0 Å². The summed E-state index contributed by atoms with van der Waals surface area (Å²) in [5.41, 5.74) is 1.49. The second kappa shape index (κ2) is 5.21. The van der Waals surface area contributed by atoms with Gasteiger partial charge in [0.25, 0.3) is 0 Å². The highest BCUT2D eigenvalue weighted by molar-refractivity contribution is 5.89. The Hall–Kier alpha value is -1.84. The topological polar surface area (TPSA) is 55.4 Å². The Morgan fingerprint density at radius 1 is 1.33 bits per heavy atom. The molecule has 0 unspecified atom stereocenters. The molecular formula is C14H17NO3. The molecule has 0 radical (unpaired) electrons. The molecule has 1 amide bonds. The van der Waals surface area contributed by atoms with Gasteiger partial charge in [-0.1, -0.05) is 19.1 Å². The van der Waals surface area contributed by atoms with Crippen molar-refractivity contribution in [3.63, 3.8) is 0 Å².